The lowest BCUT2D eigenvalue weighted by atomic mass is 10.1. The van der Waals surface area contributed by atoms with Gasteiger partial charge < -0.3 is 14.6 Å². The molecular weight excluding hydrogens is 290 g/mol. The minimum absolute atomic E-state index is 0.152. The molecule has 1 aromatic heterocycles. The predicted molar refractivity (Wildman–Crippen MR) is 87.7 cm³/mol. The minimum atomic E-state index is -0.152. The van der Waals surface area contributed by atoms with Crippen molar-refractivity contribution in [3.05, 3.63) is 78.4 Å². The van der Waals surface area contributed by atoms with E-state index >= 15 is 0 Å². The molecule has 3 rings (SSSR count). The van der Waals surface area contributed by atoms with E-state index in [0.29, 0.717) is 17.9 Å². The first-order valence-corrected chi connectivity index (χ1v) is 7.26. The normalized spacial score (nSPS) is 10.3. The number of nitrogens with one attached hydrogen (secondary N) is 1. The third-order valence-electron chi connectivity index (χ3n) is 3.54. The Labute approximate surface area is 134 Å². The molecule has 5 nitrogen and oxygen atoms in total. The van der Waals surface area contributed by atoms with Gasteiger partial charge >= 0.3 is 0 Å². The zero-order chi connectivity index (χ0) is 16.1. The van der Waals surface area contributed by atoms with Crippen molar-refractivity contribution in [1.82, 2.24) is 14.9 Å². The summed E-state index contributed by atoms with van der Waals surface area (Å²) in [5, 5.41) is 2.91. The van der Waals surface area contributed by atoms with Crippen LogP contribution in [-0.4, -0.2) is 22.6 Å². The van der Waals surface area contributed by atoms with Crippen LogP contribution in [0.4, 0.5) is 0 Å². The highest BCUT2D eigenvalue weighted by Crippen LogP contribution is 2.17. The Hall–Kier alpha value is -3.08. The Kier molecular flexibility index (Phi) is 4.38. The van der Waals surface area contributed by atoms with Gasteiger partial charge in [-0.3, -0.25) is 4.79 Å². The molecule has 0 aliphatic heterocycles. The monoisotopic (exact) mass is 307 g/mol. The minimum Gasteiger partial charge on any atom is -0.496 e. The Balaban J connectivity index is 1.65. The van der Waals surface area contributed by atoms with Crippen LogP contribution >= 0.6 is 0 Å². The molecular formula is C18H17N3O2. The van der Waals surface area contributed by atoms with Crippen molar-refractivity contribution in [1.29, 1.82) is 0 Å². The highest BCUT2D eigenvalue weighted by Gasteiger charge is 2.10. The van der Waals surface area contributed by atoms with Gasteiger partial charge in [0, 0.05) is 24.6 Å². The van der Waals surface area contributed by atoms with E-state index in [1.807, 2.05) is 47.2 Å². The number of nitrogens with zero attached hydrogens (tertiary/aromatic N) is 2. The molecule has 0 bridgehead atoms. The van der Waals surface area contributed by atoms with Crippen LogP contribution in [0.1, 0.15) is 15.9 Å². The van der Waals surface area contributed by atoms with E-state index < -0.39 is 0 Å². The Morgan fingerprint density at radius 2 is 1.96 bits per heavy atom. The number of hydrogen-bond donors (Lipinski definition) is 1. The van der Waals surface area contributed by atoms with Gasteiger partial charge in [-0.15, -0.1) is 0 Å². The smallest absolute Gasteiger partial charge is 0.255 e. The number of ether oxygens (including phenoxy) is 1. The van der Waals surface area contributed by atoms with Crippen LogP contribution in [0, 0.1) is 0 Å². The van der Waals surface area contributed by atoms with Crippen molar-refractivity contribution >= 4 is 5.91 Å². The Morgan fingerprint density at radius 1 is 1.17 bits per heavy atom. The molecule has 116 valence electrons. The van der Waals surface area contributed by atoms with Gasteiger partial charge in [0.05, 0.1) is 19.0 Å². The summed E-state index contributed by atoms with van der Waals surface area (Å²) in [5.41, 5.74) is 2.59. The number of imidazole rings is 1. The highest BCUT2D eigenvalue weighted by molar-refractivity contribution is 5.96. The van der Waals surface area contributed by atoms with Crippen molar-refractivity contribution in [3.63, 3.8) is 0 Å². The van der Waals surface area contributed by atoms with Gasteiger partial charge in [0.25, 0.3) is 5.91 Å². The van der Waals surface area contributed by atoms with Gasteiger partial charge in [-0.1, -0.05) is 24.3 Å². The van der Waals surface area contributed by atoms with Crippen LogP contribution < -0.4 is 10.1 Å². The molecule has 3 aromatic rings. The summed E-state index contributed by atoms with van der Waals surface area (Å²) in [5.74, 6) is 0.418. The van der Waals surface area contributed by atoms with Crippen LogP contribution in [-0.2, 0) is 6.54 Å². The van der Waals surface area contributed by atoms with Gasteiger partial charge in [0.1, 0.15) is 5.75 Å². The summed E-state index contributed by atoms with van der Waals surface area (Å²) in [6.07, 6.45) is 5.37. The zero-order valence-corrected chi connectivity index (χ0v) is 12.8. The summed E-state index contributed by atoms with van der Waals surface area (Å²) >= 11 is 0. The molecule has 1 heterocycles. The molecule has 0 saturated heterocycles. The van der Waals surface area contributed by atoms with Crippen molar-refractivity contribution in [3.8, 4) is 11.4 Å². The average Bonchev–Trinajstić information content (AvgIpc) is 3.14. The van der Waals surface area contributed by atoms with Gasteiger partial charge in [0.2, 0.25) is 0 Å². The number of amides is 1. The molecule has 0 atom stereocenters. The van der Waals surface area contributed by atoms with Crippen LogP contribution in [0.2, 0.25) is 0 Å². The van der Waals surface area contributed by atoms with Crippen LogP contribution in [0.25, 0.3) is 5.69 Å². The quantitative estimate of drug-likeness (QED) is 0.788. The third kappa shape index (κ3) is 3.40. The Bertz CT molecular complexity index is 780. The van der Waals surface area contributed by atoms with Gasteiger partial charge in [-0.2, -0.15) is 0 Å². The van der Waals surface area contributed by atoms with Crippen LogP contribution in [0.15, 0.2) is 67.3 Å². The Morgan fingerprint density at radius 3 is 2.65 bits per heavy atom. The van der Waals surface area contributed by atoms with Crippen molar-refractivity contribution < 1.29 is 9.53 Å². The summed E-state index contributed by atoms with van der Waals surface area (Å²) in [4.78, 5) is 16.3. The predicted octanol–water partition coefficient (Wildman–Crippen LogP) is 2.81. The van der Waals surface area contributed by atoms with Gasteiger partial charge in [-0.05, 0) is 29.8 Å². The van der Waals surface area contributed by atoms with Crippen molar-refractivity contribution in [2.45, 2.75) is 6.54 Å². The van der Waals surface area contributed by atoms with E-state index in [4.69, 9.17) is 4.74 Å². The second-order valence-corrected chi connectivity index (χ2v) is 5.02. The summed E-state index contributed by atoms with van der Waals surface area (Å²) in [7, 11) is 1.56. The first-order valence-electron chi connectivity index (χ1n) is 7.26. The fraction of sp³-hybridized carbons (Fsp3) is 0.111. The lowest BCUT2D eigenvalue weighted by Crippen LogP contribution is -2.23. The molecule has 2 aromatic carbocycles. The summed E-state index contributed by atoms with van der Waals surface area (Å²) in [6, 6.07) is 15.1. The first-order chi connectivity index (χ1) is 11.3. The standard InChI is InChI=1S/C18H17N3O2/c1-23-17-5-3-2-4-16(17)18(22)20-12-14-6-8-15(9-7-14)21-11-10-19-13-21/h2-11,13H,12H2,1H3,(H,20,22). The van der Waals surface area contributed by atoms with E-state index in [2.05, 4.69) is 10.3 Å². The van der Waals surface area contributed by atoms with E-state index in [1.54, 1.807) is 31.8 Å². The molecule has 0 radical (unpaired) electrons. The number of methoxy groups -OCH3 is 1. The van der Waals surface area contributed by atoms with E-state index in [0.717, 1.165) is 11.3 Å². The summed E-state index contributed by atoms with van der Waals surface area (Å²) < 4.78 is 7.13. The molecule has 1 amide bonds. The van der Waals surface area contributed by atoms with Crippen molar-refractivity contribution in [2.75, 3.05) is 7.11 Å². The molecule has 23 heavy (non-hydrogen) atoms. The molecule has 0 saturated carbocycles. The highest BCUT2D eigenvalue weighted by atomic mass is 16.5. The molecule has 0 unspecified atom stereocenters. The summed E-state index contributed by atoms with van der Waals surface area (Å²) in [6.45, 7) is 0.459. The fourth-order valence-corrected chi connectivity index (χ4v) is 2.31. The van der Waals surface area contributed by atoms with E-state index in [-0.39, 0.29) is 5.91 Å². The molecule has 1 N–H and O–H groups in total. The molecule has 0 fully saturated rings. The lowest BCUT2D eigenvalue weighted by molar-refractivity contribution is 0.0948. The second kappa shape index (κ2) is 6.79. The fourth-order valence-electron chi connectivity index (χ4n) is 2.31. The SMILES string of the molecule is COc1ccccc1C(=O)NCc1ccc(-n2ccnc2)cc1. The van der Waals surface area contributed by atoms with Crippen LogP contribution in [0.5, 0.6) is 5.75 Å². The van der Waals surface area contributed by atoms with Gasteiger partial charge in [0.15, 0.2) is 0 Å². The molecule has 0 aliphatic carbocycles. The maximum absolute atomic E-state index is 12.2. The number of benzene rings is 2. The zero-order valence-electron chi connectivity index (χ0n) is 12.8. The largest absolute Gasteiger partial charge is 0.496 e. The third-order valence-corrected chi connectivity index (χ3v) is 3.54. The molecule has 0 spiro atoms. The topological polar surface area (TPSA) is 56.1 Å². The van der Waals surface area contributed by atoms with Gasteiger partial charge in [-0.25, -0.2) is 4.98 Å². The number of aromatic nitrogens is 2. The number of carbonyl (C=O) groups excluding carboxylic acids is 1. The number of para-hydroxylation sites is 1. The average molecular weight is 307 g/mol. The number of hydrogen-bond acceptors (Lipinski definition) is 3. The van der Waals surface area contributed by atoms with E-state index in [9.17, 15) is 4.79 Å². The lowest BCUT2D eigenvalue weighted by Gasteiger charge is -2.09. The van der Waals surface area contributed by atoms with Crippen LogP contribution in [0.3, 0.4) is 0 Å². The number of carbonyl (C=O) groups is 1. The first kappa shape index (κ1) is 14.8. The molecule has 5 heteroatoms. The van der Waals surface area contributed by atoms with E-state index in [1.165, 1.54) is 0 Å². The maximum Gasteiger partial charge on any atom is 0.255 e. The number of rotatable bonds is 5. The van der Waals surface area contributed by atoms with Crippen molar-refractivity contribution in [2.24, 2.45) is 0 Å². The second-order valence-electron chi connectivity index (χ2n) is 5.02. The molecule has 0 aliphatic rings. The maximum atomic E-state index is 12.2.